The van der Waals surface area contributed by atoms with Crippen molar-refractivity contribution in [2.45, 2.75) is 150 Å². The molecular weight excluding hydrogens is 484 g/mol. The molecule has 6 fully saturated rings. The van der Waals surface area contributed by atoms with Crippen molar-refractivity contribution in [3.8, 4) is 0 Å². The van der Waals surface area contributed by atoms with E-state index in [1.54, 1.807) is 0 Å². The second-order valence-electron chi connectivity index (χ2n) is 17.4. The van der Waals surface area contributed by atoms with Crippen LogP contribution in [-0.2, 0) is 4.74 Å². The molecule has 5 saturated carbocycles. The van der Waals surface area contributed by atoms with E-state index in [-0.39, 0.29) is 6.61 Å². The normalized spacial score (nSPS) is 56.2. The van der Waals surface area contributed by atoms with Gasteiger partial charge >= 0.3 is 0 Å². The summed E-state index contributed by atoms with van der Waals surface area (Å²) in [5, 5.41) is 31.2. The minimum absolute atomic E-state index is 0.124. The van der Waals surface area contributed by atoms with Gasteiger partial charge in [-0.3, -0.25) is 0 Å². The molecule has 3 N–H and O–H groups in total. The molecule has 6 rings (SSSR count). The van der Waals surface area contributed by atoms with Crippen molar-refractivity contribution in [3.63, 3.8) is 0 Å². The summed E-state index contributed by atoms with van der Waals surface area (Å²) in [6, 6.07) is 0. The smallest absolute Gasteiger partial charge is 0.112 e. The Morgan fingerprint density at radius 1 is 0.744 bits per heavy atom. The van der Waals surface area contributed by atoms with E-state index in [1.165, 1.54) is 70.6 Å². The monoisotopic (exact) mass is 544 g/mol. The molecular formula is C35H60O4. The van der Waals surface area contributed by atoms with E-state index in [1.807, 2.05) is 0 Å². The minimum atomic E-state index is -0.973. The maximum Gasteiger partial charge on any atom is 0.112 e. The van der Waals surface area contributed by atoms with Crippen LogP contribution in [0.15, 0.2) is 0 Å². The molecule has 4 nitrogen and oxygen atoms in total. The molecule has 1 aliphatic heterocycles. The Labute approximate surface area is 239 Å². The highest BCUT2D eigenvalue weighted by Crippen LogP contribution is 2.78. The molecule has 5 aliphatic carbocycles. The van der Waals surface area contributed by atoms with Gasteiger partial charge in [0.25, 0.3) is 0 Å². The lowest BCUT2D eigenvalue weighted by Crippen LogP contribution is -2.65. The maximum atomic E-state index is 11.0. The van der Waals surface area contributed by atoms with Crippen molar-refractivity contribution in [1.82, 2.24) is 0 Å². The van der Waals surface area contributed by atoms with Gasteiger partial charge in [0, 0.05) is 0 Å². The van der Waals surface area contributed by atoms with Gasteiger partial charge in [0.15, 0.2) is 0 Å². The van der Waals surface area contributed by atoms with Gasteiger partial charge in [0.1, 0.15) is 18.3 Å². The summed E-state index contributed by atoms with van der Waals surface area (Å²) in [7, 11) is 0. The largest absolute Gasteiger partial charge is 0.390 e. The van der Waals surface area contributed by atoms with E-state index in [0.29, 0.717) is 45.3 Å². The number of ether oxygens (including phenoxy) is 1. The first-order valence-electron chi connectivity index (χ1n) is 16.8. The van der Waals surface area contributed by atoms with Crippen LogP contribution in [-0.4, -0.2) is 46.3 Å². The lowest BCUT2D eigenvalue weighted by atomic mass is 9.32. The van der Waals surface area contributed by atoms with Crippen LogP contribution in [0.2, 0.25) is 0 Å². The fourth-order valence-electron chi connectivity index (χ4n) is 13.7. The summed E-state index contributed by atoms with van der Waals surface area (Å²) in [5.74, 6) is 4.32. The summed E-state index contributed by atoms with van der Waals surface area (Å²) < 4.78 is 5.58. The molecule has 4 heteroatoms. The molecule has 0 amide bonds. The lowest BCUT2D eigenvalue weighted by Gasteiger charge is -2.73. The molecule has 14 atom stereocenters. The number of hydrogen-bond donors (Lipinski definition) is 3. The zero-order chi connectivity index (χ0) is 28.2. The molecule has 0 aromatic heterocycles. The standard InChI is InChI=1S/C35H60O4/c1-21(19-24(36)30-29(38)25(37)20-39-30)22-11-16-32(4)23(22)12-17-34(6)27(32)9-10-28-33(5)15-8-14-31(2,3)26(33)13-18-35(28,34)7/h21-30,36-38H,8-20H2,1-7H3/t21?,22-,23+,24?,25?,26+,27-,28-,29?,30?,32+,33+,34-,35-/m1/s1. The van der Waals surface area contributed by atoms with E-state index in [2.05, 4.69) is 48.5 Å². The first kappa shape index (κ1) is 28.9. The van der Waals surface area contributed by atoms with Crippen LogP contribution in [0.25, 0.3) is 0 Å². The molecule has 6 aliphatic rings. The zero-order valence-electron chi connectivity index (χ0n) is 26.2. The van der Waals surface area contributed by atoms with Gasteiger partial charge in [0.05, 0.1) is 12.7 Å². The predicted molar refractivity (Wildman–Crippen MR) is 156 cm³/mol. The number of rotatable bonds is 4. The maximum absolute atomic E-state index is 11.0. The Morgan fingerprint density at radius 3 is 2.03 bits per heavy atom. The number of aliphatic hydroxyl groups is 3. The molecule has 224 valence electrons. The Balaban J connectivity index is 1.21. The average Bonchev–Trinajstić information content (AvgIpc) is 3.38. The van der Waals surface area contributed by atoms with Crippen molar-refractivity contribution in [3.05, 3.63) is 0 Å². The van der Waals surface area contributed by atoms with Gasteiger partial charge < -0.3 is 20.1 Å². The first-order valence-corrected chi connectivity index (χ1v) is 16.8. The van der Waals surface area contributed by atoms with Gasteiger partial charge in [-0.2, -0.15) is 0 Å². The summed E-state index contributed by atoms with van der Waals surface area (Å²) >= 11 is 0. The predicted octanol–water partition coefficient (Wildman–Crippen LogP) is 6.99. The van der Waals surface area contributed by atoms with Crippen LogP contribution in [0, 0.1) is 62.6 Å². The summed E-state index contributed by atoms with van der Waals surface area (Å²) in [6.07, 6.45) is 12.7. The second kappa shape index (κ2) is 9.42. The van der Waals surface area contributed by atoms with Crippen molar-refractivity contribution < 1.29 is 20.1 Å². The van der Waals surface area contributed by atoms with Gasteiger partial charge in [-0.05, 0) is 133 Å². The first-order chi connectivity index (χ1) is 18.2. The molecule has 1 saturated heterocycles. The molecule has 0 aromatic rings. The van der Waals surface area contributed by atoms with Crippen molar-refractivity contribution >= 4 is 0 Å². The van der Waals surface area contributed by atoms with Gasteiger partial charge in [-0.25, -0.2) is 0 Å². The zero-order valence-corrected chi connectivity index (χ0v) is 26.2. The van der Waals surface area contributed by atoms with E-state index in [4.69, 9.17) is 4.74 Å². The summed E-state index contributed by atoms with van der Waals surface area (Å²) in [6.45, 7) is 18.5. The average molecular weight is 545 g/mol. The Kier molecular flexibility index (Phi) is 6.99. The Bertz CT molecular complexity index is 934. The van der Waals surface area contributed by atoms with Gasteiger partial charge in [-0.15, -0.1) is 0 Å². The van der Waals surface area contributed by atoms with Gasteiger partial charge in [-0.1, -0.05) is 54.9 Å². The molecule has 1 heterocycles. The fraction of sp³-hybridized carbons (Fsp3) is 1.00. The molecule has 39 heavy (non-hydrogen) atoms. The Morgan fingerprint density at radius 2 is 1.38 bits per heavy atom. The van der Waals surface area contributed by atoms with Crippen LogP contribution >= 0.6 is 0 Å². The molecule has 0 bridgehead atoms. The third-order valence-electron chi connectivity index (χ3n) is 15.7. The SMILES string of the molecule is CC(CC(O)C1OCC(O)C1O)[C@H]1CC[C@]2(C)[C@H]3CC[C@@H]4[C@@]5(C)CCCC(C)(C)[C@@H]5CC[C@@]4(C)[C@]3(C)CC[C@@H]12. The third kappa shape index (κ3) is 3.96. The highest BCUT2D eigenvalue weighted by atomic mass is 16.5. The van der Waals surface area contributed by atoms with E-state index in [9.17, 15) is 15.3 Å². The number of hydrogen-bond acceptors (Lipinski definition) is 4. The van der Waals surface area contributed by atoms with Crippen molar-refractivity contribution in [2.75, 3.05) is 6.61 Å². The van der Waals surface area contributed by atoms with Crippen LogP contribution in [0.5, 0.6) is 0 Å². The van der Waals surface area contributed by atoms with Gasteiger partial charge in [0.2, 0.25) is 0 Å². The van der Waals surface area contributed by atoms with Crippen LogP contribution < -0.4 is 0 Å². The molecule has 5 unspecified atom stereocenters. The van der Waals surface area contributed by atoms with Crippen molar-refractivity contribution in [2.24, 2.45) is 62.6 Å². The van der Waals surface area contributed by atoms with E-state index < -0.39 is 24.4 Å². The second-order valence-corrected chi connectivity index (χ2v) is 17.4. The minimum Gasteiger partial charge on any atom is -0.390 e. The number of aliphatic hydroxyl groups excluding tert-OH is 3. The molecule has 0 spiro atoms. The summed E-state index contributed by atoms with van der Waals surface area (Å²) in [4.78, 5) is 0. The van der Waals surface area contributed by atoms with Crippen LogP contribution in [0.4, 0.5) is 0 Å². The Hall–Kier alpha value is -0.160. The summed E-state index contributed by atoms with van der Waals surface area (Å²) in [5.41, 5.74) is 2.26. The third-order valence-corrected chi connectivity index (χ3v) is 15.7. The topological polar surface area (TPSA) is 69.9 Å². The fourth-order valence-corrected chi connectivity index (χ4v) is 13.7. The van der Waals surface area contributed by atoms with E-state index >= 15 is 0 Å². The lowest BCUT2D eigenvalue weighted by molar-refractivity contribution is -0.241. The quantitative estimate of drug-likeness (QED) is 0.357. The molecule has 0 radical (unpaired) electrons. The van der Waals surface area contributed by atoms with Crippen LogP contribution in [0.1, 0.15) is 126 Å². The highest BCUT2D eigenvalue weighted by molar-refractivity contribution is 5.19. The van der Waals surface area contributed by atoms with Crippen LogP contribution in [0.3, 0.4) is 0 Å². The van der Waals surface area contributed by atoms with Crippen molar-refractivity contribution in [1.29, 1.82) is 0 Å². The van der Waals surface area contributed by atoms with E-state index in [0.717, 1.165) is 23.7 Å². The number of fused-ring (bicyclic) bond motifs is 7. The highest BCUT2D eigenvalue weighted by Gasteiger charge is 2.70. The molecule has 0 aromatic carbocycles.